The summed E-state index contributed by atoms with van der Waals surface area (Å²) < 4.78 is 0. The molecule has 0 heterocycles. The summed E-state index contributed by atoms with van der Waals surface area (Å²) >= 11 is 5.99. The van der Waals surface area contributed by atoms with E-state index in [1.54, 1.807) is 0 Å². The lowest BCUT2D eigenvalue weighted by molar-refractivity contribution is 0.892. The lowest BCUT2D eigenvalue weighted by Crippen LogP contribution is -2.13. The molecule has 3 heteroatoms. The summed E-state index contributed by atoms with van der Waals surface area (Å²) in [5.74, 6) is 0. The van der Waals surface area contributed by atoms with Crippen LogP contribution in [0.2, 0.25) is 5.02 Å². The van der Waals surface area contributed by atoms with Crippen LogP contribution in [-0.2, 0) is 6.54 Å². The van der Waals surface area contributed by atoms with Crippen molar-refractivity contribution >= 4 is 17.3 Å². The second-order valence-electron chi connectivity index (χ2n) is 3.27. The number of nitrogens with two attached hydrogens (primary N) is 1. The van der Waals surface area contributed by atoms with Gasteiger partial charge in [-0.05, 0) is 26.0 Å². The Bertz CT molecular complexity index is 284. The molecule has 13 heavy (non-hydrogen) atoms. The van der Waals surface area contributed by atoms with E-state index in [4.69, 9.17) is 17.3 Å². The standard InChI is InChI=1S/C10H15ClN2/c1-7(2)13-10-5-3-4-9(11)8(10)6-12/h3-5,7,13H,6,12H2,1-2H3. The molecule has 0 aliphatic carbocycles. The van der Waals surface area contributed by atoms with Gasteiger partial charge in [0.1, 0.15) is 0 Å². The lowest BCUT2D eigenvalue weighted by atomic mass is 10.1. The van der Waals surface area contributed by atoms with E-state index < -0.39 is 0 Å². The molecule has 0 atom stereocenters. The summed E-state index contributed by atoms with van der Waals surface area (Å²) in [4.78, 5) is 0. The third-order valence-corrected chi connectivity index (χ3v) is 2.12. The fourth-order valence-corrected chi connectivity index (χ4v) is 1.46. The maximum absolute atomic E-state index is 5.99. The molecule has 0 bridgehead atoms. The van der Waals surface area contributed by atoms with Crippen LogP contribution in [0.3, 0.4) is 0 Å². The second kappa shape index (κ2) is 4.49. The van der Waals surface area contributed by atoms with Crippen LogP contribution in [0.5, 0.6) is 0 Å². The van der Waals surface area contributed by atoms with Crippen molar-refractivity contribution in [3.8, 4) is 0 Å². The van der Waals surface area contributed by atoms with Gasteiger partial charge in [-0.3, -0.25) is 0 Å². The first-order valence-corrected chi connectivity index (χ1v) is 4.77. The molecule has 0 aliphatic heterocycles. The molecule has 72 valence electrons. The van der Waals surface area contributed by atoms with Crippen molar-refractivity contribution in [2.24, 2.45) is 5.73 Å². The Hall–Kier alpha value is -0.730. The van der Waals surface area contributed by atoms with Crippen molar-refractivity contribution in [2.45, 2.75) is 26.4 Å². The van der Waals surface area contributed by atoms with Crippen LogP contribution in [0.25, 0.3) is 0 Å². The van der Waals surface area contributed by atoms with E-state index in [9.17, 15) is 0 Å². The first-order valence-electron chi connectivity index (χ1n) is 4.39. The zero-order valence-electron chi connectivity index (χ0n) is 7.97. The Balaban J connectivity index is 2.98. The molecule has 0 fully saturated rings. The lowest BCUT2D eigenvalue weighted by Gasteiger charge is -2.14. The smallest absolute Gasteiger partial charge is 0.0471 e. The Morgan fingerprint density at radius 2 is 2.15 bits per heavy atom. The highest BCUT2D eigenvalue weighted by Crippen LogP contribution is 2.24. The maximum Gasteiger partial charge on any atom is 0.0471 e. The molecule has 0 saturated carbocycles. The number of hydrogen-bond donors (Lipinski definition) is 2. The normalized spacial score (nSPS) is 10.5. The van der Waals surface area contributed by atoms with Crippen molar-refractivity contribution < 1.29 is 0 Å². The molecule has 0 aliphatic rings. The van der Waals surface area contributed by atoms with Crippen molar-refractivity contribution in [2.75, 3.05) is 5.32 Å². The first-order chi connectivity index (χ1) is 6.15. The van der Waals surface area contributed by atoms with Crippen LogP contribution >= 0.6 is 11.6 Å². The number of hydrogen-bond acceptors (Lipinski definition) is 2. The quantitative estimate of drug-likeness (QED) is 0.784. The summed E-state index contributed by atoms with van der Waals surface area (Å²) in [6.45, 7) is 4.64. The van der Waals surface area contributed by atoms with Crippen molar-refractivity contribution in [3.63, 3.8) is 0 Å². The van der Waals surface area contributed by atoms with Gasteiger partial charge in [0.05, 0.1) is 0 Å². The highest BCUT2D eigenvalue weighted by atomic mass is 35.5. The fourth-order valence-electron chi connectivity index (χ4n) is 1.21. The molecule has 1 aromatic carbocycles. The molecule has 3 N–H and O–H groups in total. The van der Waals surface area contributed by atoms with Gasteiger partial charge in [-0.15, -0.1) is 0 Å². The SMILES string of the molecule is CC(C)Nc1cccc(Cl)c1CN. The minimum atomic E-state index is 0.392. The number of anilines is 1. The molecule has 2 nitrogen and oxygen atoms in total. The molecule has 0 aromatic heterocycles. The minimum Gasteiger partial charge on any atom is -0.383 e. The van der Waals surface area contributed by atoms with E-state index in [0.29, 0.717) is 12.6 Å². The minimum absolute atomic E-state index is 0.392. The van der Waals surface area contributed by atoms with E-state index in [2.05, 4.69) is 19.2 Å². The van der Waals surface area contributed by atoms with Gasteiger partial charge in [-0.2, -0.15) is 0 Å². The average Bonchev–Trinajstić information content (AvgIpc) is 2.03. The topological polar surface area (TPSA) is 38.0 Å². The van der Waals surface area contributed by atoms with Crippen LogP contribution in [0.4, 0.5) is 5.69 Å². The summed E-state index contributed by atoms with van der Waals surface area (Å²) in [6, 6.07) is 6.17. The van der Waals surface area contributed by atoms with E-state index in [-0.39, 0.29) is 0 Å². The zero-order valence-corrected chi connectivity index (χ0v) is 8.73. The van der Waals surface area contributed by atoms with E-state index in [1.165, 1.54) is 0 Å². The second-order valence-corrected chi connectivity index (χ2v) is 3.68. The monoisotopic (exact) mass is 198 g/mol. The number of halogens is 1. The molecular formula is C10H15ClN2. The summed E-state index contributed by atoms with van der Waals surface area (Å²) in [5, 5.41) is 4.03. The molecular weight excluding hydrogens is 184 g/mol. The van der Waals surface area contributed by atoms with Crippen LogP contribution < -0.4 is 11.1 Å². The fraction of sp³-hybridized carbons (Fsp3) is 0.400. The van der Waals surface area contributed by atoms with Gasteiger partial charge in [0, 0.05) is 28.9 Å². The Kier molecular flexibility index (Phi) is 3.58. The van der Waals surface area contributed by atoms with Gasteiger partial charge < -0.3 is 11.1 Å². The van der Waals surface area contributed by atoms with Crippen LogP contribution in [0.15, 0.2) is 18.2 Å². The van der Waals surface area contributed by atoms with Crippen LogP contribution in [0.1, 0.15) is 19.4 Å². The molecule has 0 unspecified atom stereocenters. The summed E-state index contributed by atoms with van der Waals surface area (Å²) in [6.07, 6.45) is 0. The average molecular weight is 199 g/mol. The highest BCUT2D eigenvalue weighted by Gasteiger charge is 2.05. The summed E-state index contributed by atoms with van der Waals surface area (Å²) in [7, 11) is 0. The number of nitrogens with one attached hydrogen (secondary N) is 1. The van der Waals surface area contributed by atoms with Gasteiger partial charge in [0.25, 0.3) is 0 Å². The van der Waals surface area contributed by atoms with Gasteiger partial charge in [-0.1, -0.05) is 17.7 Å². The molecule has 0 amide bonds. The molecule has 0 saturated heterocycles. The molecule has 0 radical (unpaired) electrons. The van der Waals surface area contributed by atoms with E-state index >= 15 is 0 Å². The van der Waals surface area contributed by atoms with Crippen LogP contribution in [0, 0.1) is 0 Å². The van der Waals surface area contributed by atoms with Gasteiger partial charge in [-0.25, -0.2) is 0 Å². The zero-order chi connectivity index (χ0) is 9.84. The van der Waals surface area contributed by atoms with Crippen molar-refractivity contribution in [3.05, 3.63) is 28.8 Å². The predicted molar refractivity (Wildman–Crippen MR) is 58.1 cm³/mol. The molecule has 1 aromatic rings. The van der Waals surface area contributed by atoms with Crippen LogP contribution in [-0.4, -0.2) is 6.04 Å². The van der Waals surface area contributed by atoms with Gasteiger partial charge in [0.15, 0.2) is 0 Å². The maximum atomic E-state index is 5.99. The molecule has 1 rings (SSSR count). The summed E-state index contributed by atoms with van der Waals surface area (Å²) in [5.41, 5.74) is 7.62. The van der Waals surface area contributed by atoms with Gasteiger partial charge in [0.2, 0.25) is 0 Å². The highest BCUT2D eigenvalue weighted by molar-refractivity contribution is 6.31. The third-order valence-electron chi connectivity index (χ3n) is 1.77. The Labute approximate surface area is 84.1 Å². The van der Waals surface area contributed by atoms with E-state index in [0.717, 1.165) is 16.3 Å². The van der Waals surface area contributed by atoms with Crippen molar-refractivity contribution in [1.29, 1.82) is 0 Å². The third kappa shape index (κ3) is 2.61. The largest absolute Gasteiger partial charge is 0.383 e. The van der Waals surface area contributed by atoms with E-state index in [1.807, 2.05) is 18.2 Å². The first kappa shape index (κ1) is 10.4. The molecule has 0 spiro atoms. The Morgan fingerprint density at radius 3 is 2.69 bits per heavy atom. The number of rotatable bonds is 3. The number of benzene rings is 1. The van der Waals surface area contributed by atoms with Gasteiger partial charge >= 0.3 is 0 Å². The Morgan fingerprint density at radius 1 is 1.46 bits per heavy atom. The van der Waals surface area contributed by atoms with Crippen molar-refractivity contribution in [1.82, 2.24) is 0 Å². The predicted octanol–water partition coefficient (Wildman–Crippen LogP) is 2.62.